The summed E-state index contributed by atoms with van der Waals surface area (Å²) in [6, 6.07) is 11.2. The predicted octanol–water partition coefficient (Wildman–Crippen LogP) is 5.95. The van der Waals surface area contributed by atoms with Gasteiger partial charge in [-0.15, -0.1) is 0 Å². The molecule has 246 valence electrons. The van der Waals surface area contributed by atoms with Gasteiger partial charge in [-0.25, -0.2) is 27.5 Å². The highest BCUT2D eigenvalue weighted by atomic mass is 19.3. The maximum Gasteiger partial charge on any atom is 0.322 e. The Bertz CT molecular complexity index is 1850. The van der Waals surface area contributed by atoms with E-state index in [-0.39, 0.29) is 60.8 Å². The molecule has 0 unspecified atom stereocenters. The molecule has 3 N–H and O–H groups in total. The van der Waals surface area contributed by atoms with E-state index in [0.29, 0.717) is 23.0 Å². The summed E-state index contributed by atoms with van der Waals surface area (Å²) in [7, 11) is 0. The second-order valence-electron chi connectivity index (χ2n) is 10.3. The highest BCUT2D eigenvalue weighted by molar-refractivity contribution is 5.92. The number of esters is 1. The number of hydrogen-bond donors (Lipinski definition) is 2. The van der Waals surface area contributed by atoms with Crippen LogP contribution in [-0.4, -0.2) is 56.6 Å². The number of pyridine rings is 1. The van der Waals surface area contributed by atoms with Gasteiger partial charge in [-0.05, 0) is 32.0 Å². The number of nitrogens with two attached hydrogens (primary N) is 1. The Kier molecular flexibility index (Phi) is 10.5. The van der Waals surface area contributed by atoms with E-state index in [9.17, 15) is 22.4 Å². The molecule has 1 atom stereocenters. The number of nitrogens with one attached hydrogen (secondary N) is 1. The number of carbonyl (C=O) groups is 1. The molecule has 0 aliphatic rings. The molecule has 3 heterocycles. The van der Waals surface area contributed by atoms with Crippen LogP contribution in [0.2, 0.25) is 0 Å². The van der Waals surface area contributed by atoms with Crippen molar-refractivity contribution in [2.45, 2.75) is 39.3 Å². The quantitative estimate of drug-likeness (QED) is 0.0839. The van der Waals surface area contributed by atoms with Gasteiger partial charge in [0.05, 0.1) is 38.1 Å². The van der Waals surface area contributed by atoms with Crippen LogP contribution in [0.3, 0.4) is 0 Å². The van der Waals surface area contributed by atoms with Crippen LogP contribution in [0.15, 0.2) is 60.9 Å². The Hall–Kier alpha value is -5.31. The Balaban J connectivity index is 1.48. The van der Waals surface area contributed by atoms with Crippen LogP contribution < -0.4 is 20.5 Å². The molecule has 0 bridgehead atoms. The predicted molar refractivity (Wildman–Crippen MR) is 165 cm³/mol. The Morgan fingerprint density at radius 3 is 2.53 bits per heavy atom. The fraction of sp³-hybridized carbons (Fsp3) is 0.281. The van der Waals surface area contributed by atoms with Gasteiger partial charge in [-0.1, -0.05) is 18.2 Å². The average molecular weight is 654 g/mol. The smallest absolute Gasteiger partial charge is 0.322 e. The van der Waals surface area contributed by atoms with E-state index >= 15 is 0 Å². The molecular formula is C32H31F4N7O4. The number of nitrogens with zero attached hydrogens (tertiary/aromatic N) is 5. The van der Waals surface area contributed by atoms with Gasteiger partial charge in [0.1, 0.15) is 34.8 Å². The topological polar surface area (TPSA) is 139 Å². The number of aromatic nitrogens is 5. The van der Waals surface area contributed by atoms with E-state index in [1.807, 2.05) is 0 Å². The average Bonchev–Trinajstić information content (AvgIpc) is 3.41. The molecule has 2 aromatic carbocycles. The van der Waals surface area contributed by atoms with Crippen molar-refractivity contribution in [3.8, 4) is 23.0 Å². The largest absolute Gasteiger partial charge is 0.494 e. The van der Waals surface area contributed by atoms with Crippen molar-refractivity contribution in [3.63, 3.8) is 0 Å². The number of para-hydroxylation sites is 1. The van der Waals surface area contributed by atoms with E-state index in [0.717, 1.165) is 12.1 Å². The number of hydrogen-bond acceptors (Lipinski definition) is 10. The first kappa shape index (κ1) is 33.1. The third kappa shape index (κ3) is 7.92. The fourth-order valence-electron chi connectivity index (χ4n) is 4.55. The molecule has 0 saturated heterocycles. The number of ether oxygens (including phenoxy) is 3. The minimum Gasteiger partial charge on any atom is -0.494 e. The number of alkyl halides is 2. The van der Waals surface area contributed by atoms with E-state index in [1.54, 1.807) is 31.2 Å². The first-order chi connectivity index (χ1) is 22.6. The van der Waals surface area contributed by atoms with Crippen molar-refractivity contribution in [2.75, 3.05) is 25.1 Å². The van der Waals surface area contributed by atoms with Crippen LogP contribution >= 0.6 is 0 Å². The molecule has 0 radical (unpaired) electrons. The summed E-state index contributed by atoms with van der Waals surface area (Å²) >= 11 is 0. The second-order valence-corrected chi connectivity index (χ2v) is 10.3. The van der Waals surface area contributed by atoms with Crippen LogP contribution in [0.4, 0.5) is 29.1 Å². The summed E-state index contributed by atoms with van der Waals surface area (Å²) in [5, 5.41) is 8.20. The summed E-state index contributed by atoms with van der Waals surface area (Å²) < 4.78 is 74.3. The number of benzene rings is 2. The van der Waals surface area contributed by atoms with E-state index < -0.39 is 35.8 Å². The van der Waals surface area contributed by atoms with E-state index in [2.05, 4.69) is 25.4 Å². The van der Waals surface area contributed by atoms with Crippen molar-refractivity contribution in [1.29, 1.82) is 0 Å². The van der Waals surface area contributed by atoms with Crippen LogP contribution in [-0.2, 0) is 16.1 Å². The first-order valence-electron chi connectivity index (χ1n) is 14.6. The van der Waals surface area contributed by atoms with Gasteiger partial charge in [0.25, 0.3) is 6.43 Å². The molecule has 3 aromatic heterocycles. The SMILES string of the molecule is CCOc1cc(F)c(Cn2nc(-c3ncc(OCCCOC(=O)[C@H](C)N)c(Nc4ccnc(C(F)F)c4)n3)c3ccccc32)c(F)c1. The van der Waals surface area contributed by atoms with Gasteiger partial charge < -0.3 is 25.3 Å². The zero-order chi connectivity index (χ0) is 33.5. The van der Waals surface area contributed by atoms with Gasteiger partial charge in [0.2, 0.25) is 0 Å². The molecule has 0 spiro atoms. The van der Waals surface area contributed by atoms with Gasteiger partial charge in [-0.2, -0.15) is 5.10 Å². The van der Waals surface area contributed by atoms with Crippen molar-refractivity contribution in [2.24, 2.45) is 5.73 Å². The molecule has 0 aliphatic carbocycles. The molecule has 0 saturated carbocycles. The Labute approximate surface area is 266 Å². The molecule has 47 heavy (non-hydrogen) atoms. The minimum absolute atomic E-state index is 0.0587. The van der Waals surface area contributed by atoms with Gasteiger partial charge >= 0.3 is 5.97 Å². The normalized spacial score (nSPS) is 11.9. The minimum atomic E-state index is -2.80. The summed E-state index contributed by atoms with van der Waals surface area (Å²) in [4.78, 5) is 24.3. The lowest BCUT2D eigenvalue weighted by Gasteiger charge is -2.14. The van der Waals surface area contributed by atoms with E-state index in [4.69, 9.17) is 19.9 Å². The molecule has 11 nitrogen and oxygen atoms in total. The number of fused-ring (bicyclic) bond motifs is 1. The number of halogens is 4. The highest BCUT2D eigenvalue weighted by Crippen LogP contribution is 2.32. The molecule has 5 rings (SSSR count). The zero-order valence-corrected chi connectivity index (χ0v) is 25.4. The van der Waals surface area contributed by atoms with Crippen molar-refractivity contribution < 1.29 is 36.6 Å². The lowest BCUT2D eigenvalue weighted by Crippen LogP contribution is -2.29. The zero-order valence-electron chi connectivity index (χ0n) is 25.4. The molecule has 0 fully saturated rings. The maximum atomic E-state index is 15.0. The first-order valence-corrected chi connectivity index (χ1v) is 14.6. The van der Waals surface area contributed by atoms with Crippen molar-refractivity contribution in [3.05, 3.63) is 83.8 Å². The maximum absolute atomic E-state index is 15.0. The Morgan fingerprint density at radius 2 is 1.81 bits per heavy atom. The molecule has 0 amide bonds. The molecule has 0 aliphatic heterocycles. The standard InChI is InChI=1S/C32H31F4N7O4/c1-3-45-20-14-23(33)22(24(34)15-20)17-43-26-8-5-4-7-21(26)28(42-43)31-39-16-27(46-11-6-12-47-32(44)18(2)37)30(41-31)40-19-9-10-38-25(13-19)29(35)36/h4-5,7-10,13-16,18,29H,3,6,11-12,17,37H2,1-2H3,(H,38,39,40,41)/t18-/m0/s1. The van der Waals surface area contributed by atoms with Crippen molar-refractivity contribution in [1.82, 2.24) is 24.7 Å². The fourth-order valence-corrected chi connectivity index (χ4v) is 4.55. The number of rotatable bonds is 14. The third-order valence-electron chi connectivity index (χ3n) is 6.79. The van der Waals surface area contributed by atoms with E-state index in [1.165, 1.54) is 36.1 Å². The van der Waals surface area contributed by atoms with Crippen LogP contribution in [0.25, 0.3) is 22.4 Å². The summed E-state index contributed by atoms with van der Waals surface area (Å²) in [6.07, 6.45) is 0.131. The monoisotopic (exact) mass is 653 g/mol. The van der Waals surface area contributed by atoms with Crippen LogP contribution in [0.5, 0.6) is 11.5 Å². The highest BCUT2D eigenvalue weighted by Gasteiger charge is 2.21. The van der Waals surface area contributed by atoms with Gasteiger partial charge in [0.15, 0.2) is 17.4 Å². The number of carbonyl (C=O) groups excluding carboxylic acids is 1. The number of anilines is 2. The summed E-state index contributed by atoms with van der Waals surface area (Å²) in [5.74, 6) is -1.63. The van der Waals surface area contributed by atoms with Crippen molar-refractivity contribution >= 4 is 28.4 Å². The third-order valence-corrected chi connectivity index (χ3v) is 6.79. The molecule has 5 aromatic rings. The Morgan fingerprint density at radius 1 is 1.04 bits per heavy atom. The summed E-state index contributed by atoms with van der Waals surface area (Å²) in [5.41, 5.74) is 5.97. The lowest BCUT2D eigenvalue weighted by atomic mass is 10.1. The van der Waals surface area contributed by atoms with Gasteiger partial charge in [0, 0.05) is 41.4 Å². The molecular weight excluding hydrogens is 622 g/mol. The second kappa shape index (κ2) is 14.9. The van der Waals surface area contributed by atoms with Crippen LogP contribution in [0.1, 0.15) is 38.0 Å². The lowest BCUT2D eigenvalue weighted by molar-refractivity contribution is -0.144. The van der Waals surface area contributed by atoms with Gasteiger partial charge in [-0.3, -0.25) is 14.5 Å². The summed E-state index contributed by atoms with van der Waals surface area (Å²) in [6.45, 7) is 3.39. The van der Waals surface area contributed by atoms with Crippen LogP contribution in [0, 0.1) is 11.6 Å². The molecule has 15 heteroatoms.